The zero-order chi connectivity index (χ0) is 19.9. The van der Waals surface area contributed by atoms with Crippen molar-refractivity contribution in [2.24, 2.45) is 0 Å². The summed E-state index contributed by atoms with van der Waals surface area (Å²) in [6.07, 6.45) is 3.40. The number of benzene rings is 3. The molecule has 0 unspecified atom stereocenters. The molecule has 4 aliphatic carbocycles. The van der Waals surface area contributed by atoms with Crippen LogP contribution in [0, 0.1) is 0 Å². The molecule has 0 amide bonds. The summed E-state index contributed by atoms with van der Waals surface area (Å²) in [5, 5.41) is 11.2. The molecule has 4 bridgehead atoms. The predicted molar refractivity (Wildman–Crippen MR) is 110 cm³/mol. The van der Waals surface area contributed by atoms with Crippen LogP contribution in [-0.2, 0) is 25.7 Å². The Labute approximate surface area is 166 Å². The van der Waals surface area contributed by atoms with Gasteiger partial charge in [0.1, 0.15) is 6.04 Å². The van der Waals surface area contributed by atoms with E-state index in [0.29, 0.717) is 11.6 Å². The number of quaternary nitrogens is 1. The molecular formula is C25H27NO2. The second-order valence-electron chi connectivity index (χ2n) is 7.41. The number of carbonyl (C=O) groups is 1. The first-order valence-corrected chi connectivity index (χ1v) is 9.82. The number of hydrogen-bond donors (Lipinski definition) is 1. The van der Waals surface area contributed by atoms with E-state index in [1.54, 1.807) is 6.07 Å². The monoisotopic (exact) mass is 373 g/mol. The maximum absolute atomic E-state index is 11.2. The van der Waals surface area contributed by atoms with Crippen molar-refractivity contribution in [3.8, 4) is 0 Å². The molecule has 3 aromatic carbocycles. The Balaban J connectivity index is 0.000000211. The van der Waals surface area contributed by atoms with Crippen LogP contribution in [0.15, 0.2) is 72.8 Å². The van der Waals surface area contributed by atoms with E-state index in [-0.39, 0.29) is 0 Å². The first-order valence-electron chi connectivity index (χ1n) is 9.82. The van der Waals surface area contributed by atoms with E-state index in [4.69, 9.17) is 0 Å². The third-order valence-electron chi connectivity index (χ3n) is 5.17. The molecule has 3 nitrogen and oxygen atoms in total. The topological polar surface area (TPSA) is 67.8 Å². The average molecular weight is 373 g/mol. The molecule has 3 aromatic rings. The van der Waals surface area contributed by atoms with Crippen molar-refractivity contribution in [2.45, 2.75) is 38.6 Å². The number of carboxylic acids is 1. The third kappa shape index (κ3) is 5.30. The molecule has 4 aliphatic rings. The maximum Gasteiger partial charge on any atom is 0.107 e. The van der Waals surface area contributed by atoms with Gasteiger partial charge >= 0.3 is 0 Å². The molecule has 0 fully saturated rings. The minimum absolute atomic E-state index is 0.354. The van der Waals surface area contributed by atoms with Crippen LogP contribution in [0.25, 0.3) is 0 Å². The Morgan fingerprint density at radius 3 is 1.89 bits per heavy atom. The van der Waals surface area contributed by atoms with Gasteiger partial charge in [-0.2, -0.15) is 0 Å². The van der Waals surface area contributed by atoms with Crippen molar-refractivity contribution in [1.82, 2.24) is 0 Å². The van der Waals surface area contributed by atoms with Crippen LogP contribution in [0.2, 0.25) is 0 Å². The maximum atomic E-state index is 11.2. The Bertz CT molecular complexity index is 915. The molecule has 0 aromatic heterocycles. The lowest BCUT2D eigenvalue weighted by Crippen LogP contribution is -2.51. The van der Waals surface area contributed by atoms with Gasteiger partial charge in [0, 0.05) is 11.1 Å². The van der Waals surface area contributed by atoms with E-state index in [0.717, 1.165) is 36.8 Å². The molecule has 1 atom stereocenters. The van der Waals surface area contributed by atoms with Crippen LogP contribution in [0.5, 0.6) is 0 Å². The van der Waals surface area contributed by atoms with Crippen LogP contribution in [0.3, 0.4) is 0 Å². The fraction of sp³-hybridized carbons (Fsp3) is 0.240. The lowest BCUT2D eigenvalue weighted by molar-refractivity contribution is -0.420. The Hall–Kier alpha value is -2.91. The molecule has 0 spiro atoms. The first-order chi connectivity index (χ1) is 13.5. The summed E-state index contributed by atoms with van der Waals surface area (Å²) in [5.74, 6) is -1.07. The average Bonchev–Trinajstić information content (AvgIpc) is 2.71. The van der Waals surface area contributed by atoms with E-state index in [1.807, 2.05) is 30.3 Å². The van der Waals surface area contributed by atoms with Gasteiger partial charge in [0.15, 0.2) is 0 Å². The van der Waals surface area contributed by atoms with Crippen LogP contribution in [0.4, 0.5) is 0 Å². The summed E-state index contributed by atoms with van der Waals surface area (Å²) >= 11 is 0. The summed E-state index contributed by atoms with van der Waals surface area (Å²) in [5.41, 5.74) is 10.0. The highest BCUT2D eigenvalue weighted by Crippen LogP contribution is 2.18. The minimum atomic E-state index is -1.07. The van der Waals surface area contributed by atoms with Gasteiger partial charge < -0.3 is 15.6 Å². The summed E-state index contributed by atoms with van der Waals surface area (Å²) in [6, 6.07) is 25.1. The van der Waals surface area contributed by atoms with E-state index >= 15 is 0 Å². The molecule has 28 heavy (non-hydrogen) atoms. The van der Waals surface area contributed by atoms with Crippen LogP contribution in [0.1, 0.15) is 51.1 Å². The molecule has 144 valence electrons. The zero-order valence-electron chi connectivity index (χ0n) is 16.4. The summed E-state index contributed by atoms with van der Waals surface area (Å²) in [6.45, 7) is 2.09. The quantitative estimate of drug-likeness (QED) is 0.750. The molecule has 0 saturated carbocycles. The second kappa shape index (κ2) is 9.34. The zero-order valence-corrected chi connectivity index (χ0v) is 16.4. The van der Waals surface area contributed by atoms with E-state index in [9.17, 15) is 9.90 Å². The van der Waals surface area contributed by atoms with Crippen molar-refractivity contribution in [1.29, 1.82) is 0 Å². The number of carbonyl (C=O) groups excluding carboxylic acids is 1. The lowest BCUT2D eigenvalue weighted by atomic mass is 9.93. The smallest absolute Gasteiger partial charge is 0.107 e. The van der Waals surface area contributed by atoms with E-state index < -0.39 is 5.97 Å². The Morgan fingerprint density at radius 2 is 1.36 bits per heavy atom. The van der Waals surface area contributed by atoms with Gasteiger partial charge in [-0.1, -0.05) is 66.7 Å². The number of aryl methyl sites for hydroxylation is 4. The summed E-state index contributed by atoms with van der Waals surface area (Å²) in [4.78, 5) is 11.2. The second-order valence-corrected chi connectivity index (χ2v) is 7.41. The molecular weight excluding hydrogens is 346 g/mol. The highest BCUT2D eigenvalue weighted by Gasteiger charge is 2.08. The van der Waals surface area contributed by atoms with Crippen molar-refractivity contribution in [3.63, 3.8) is 0 Å². The van der Waals surface area contributed by atoms with Gasteiger partial charge in [-0.25, -0.2) is 0 Å². The normalized spacial score (nSPS) is 13.6. The number of aromatic carboxylic acids is 1. The molecule has 7 rings (SSSR count). The summed E-state index contributed by atoms with van der Waals surface area (Å²) in [7, 11) is 0. The van der Waals surface area contributed by atoms with E-state index in [1.165, 1.54) is 16.7 Å². The fourth-order valence-corrected chi connectivity index (χ4v) is 3.41. The van der Waals surface area contributed by atoms with Crippen LogP contribution < -0.4 is 10.8 Å². The number of rotatable bonds is 2. The Kier molecular flexibility index (Phi) is 6.62. The van der Waals surface area contributed by atoms with E-state index in [2.05, 4.69) is 49.1 Å². The standard InChI is InChI=1S/C17H16O2.C8H11N/c18-17(19)16-11-14-6-5-12-1-3-13(4-2-12)7-9-15(16)10-8-14;1-7(9)8-5-3-2-4-6-8/h1-4,8,10-11H,5-7,9H2,(H,18,19);2-7H,9H2,1H3/t;7-/m.0/s1. The van der Waals surface area contributed by atoms with Gasteiger partial charge in [-0.05, 0) is 60.9 Å². The minimum Gasteiger partial charge on any atom is -0.545 e. The Morgan fingerprint density at radius 1 is 0.821 bits per heavy atom. The number of carboxylic acid groups (broad SMARTS) is 1. The molecule has 0 heterocycles. The molecule has 0 radical (unpaired) electrons. The summed E-state index contributed by atoms with van der Waals surface area (Å²) < 4.78 is 0. The number of hydrogen-bond acceptors (Lipinski definition) is 2. The largest absolute Gasteiger partial charge is 0.545 e. The van der Waals surface area contributed by atoms with Gasteiger partial charge in [-0.15, -0.1) is 0 Å². The van der Waals surface area contributed by atoms with Crippen LogP contribution in [-0.4, -0.2) is 5.97 Å². The van der Waals surface area contributed by atoms with Crippen molar-refractivity contribution < 1.29 is 15.6 Å². The van der Waals surface area contributed by atoms with Crippen LogP contribution >= 0.6 is 0 Å². The van der Waals surface area contributed by atoms with Gasteiger partial charge in [0.05, 0.1) is 5.97 Å². The predicted octanol–water partition coefficient (Wildman–Crippen LogP) is 2.92. The highest BCUT2D eigenvalue weighted by atomic mass is 16.4. The highest BCUT2D eigenvalue weighted by molar-refractivity contribution is 5.88. The third-order valence-corrected chi connectivity index (χ3v) is 5.17. The molecule has 0 saturated heterocycles. The molecule has 3 N–H and O–H groups in total. The lowest BCUT2D eigenvalue weighted by Gasteiger charge is -2.14. The molecule has 0 aliphatic heterocycles. The van der Waals surface area contributed by atoms with Crippen molar-refractivity contribution in [3.05, 3.63) is 106 Å². The SMILES string of the molecule is C[C@H]([NH3+])c1ccccc1.O=C([O-])c1cc2ccc1CCc1ccc(cc1)CC2. The van der Waals surface area contributed by atoms with Crippen molar-refractivity contribution >= 4 is 5.97 Å². The van der Waals surface area contributed by atoms with Gasteiger partial charge in [0.2, 0.25) is 0 Å². The van der Waals surface area contributed by atoms with Gasteiger partial charge in [-0.3, -0.25) is 0 Å². The van der Waals surface area contributed by atoms with Gasteiger partial charge in [0.25, 0.3) is 0 Å². The molecule has 3 heteroatoms. The first kappa shape index (κ1) is 19.8. The fourth-order valence-electron chi connectivity index (χ4n) is 3.41. The van der Waals surface area contributed by atoms with Crippen molar-refractivity contribution in [2.75, 3.05) is 0 Å².